The number of hydrogen-bond donors (Lipinski definition) is 1. The fourth-order valence-electron chi connectivity index (χ4n) is 2.00. The van der Waals surface area contributed by atoms with Crippen molar-refractivity contribution in [2.24, 2.45) is 0 Å². The predicted molar refractivity (Wildman–Crippen MR) is 85.9 cm³/mol. The van der Waals surface area contributed by atoms with Crippen molar-refractivity contribution >= 4 is 21.6 Å². The Morgan fingerprint density at radius 1 is 1.19 bits per heavy atom. The fourth-order valence-corrected chi connectivity index (χ4v) is 2.92. The Hall–Kier alpha value is -1.56. The average Bonchev–Trinajstić information content (AvgIpc) is 2.43. The molecule has 21 heavy (non-hydrogen) atoms. The smallest absolute Gasteiger partial charge is 0.232 e. The molecule has 1 aromatic rings. The zero-order chi connectivity index (χ0) is 15.9. The Morgan fingerprint density at radius 3 is 2.29 bits per heavy atom. The van der Waals surface area contributed by atoms with Gasteiger partial charge in [0.25, 0.3) is 0 Å². The van der Waals surface area contributed by atoms with E-state index in [0.717, 1.165) is 18.4 Å². The molecular weight excluding hydrogens is 288 g/mol. The number of aryl methyl sites for hydroxylation is 1. The van der Waals surface area contributed by atoms with E-state index in [0.29, 0.717) is 18.7 Å². The number of nitrogens with zero attached hydrogens (tertiary/aromatic N) is 1. The predicted octanol–water partition coefficient (Wildman–Crippen LogP) is 1.93. The Labute approximate surface area is 127 Å². The van der Waals surface area contributed by atoms with Crippen LogP contribution in [0.15, 0.2) is 24.3 Å². The van der Waals surface area contributed by atoms with Gasteiger partial charge in [-0.15, -0.1) is 0 Å². The summed E-state index contributed by atoms with van der Waals surface area (Å²) in [6.45, 7) is 4.52. The van der Waals surface area contributed by atoms with Crippen LogP contribution >= 0.6 is 0 Å². The van der Waals surface area contributed by atoms with Crippen LogP contribution in [0.5, 0.6) is 0 Å². The number of benzene rings is 1. The van der Waals surface area contributed by atoms with Gasteiger partial charge in [0, 0.05) is 13.0 Å². The van der Waals surface area contributed by atoms with Gasteiger partial charge in [-0.05, 0) is 30.5 Å². The third kappa shape index (κ3) is 5.75. The van der Waals surface area contributed by atoms with E-state index in [9.17, 15) is 13.2 Å². The molecule has 118 valence electrons. The second kappa shape index (κ2) is 8.02. The maximum atomic E-state index is 11.9. The molecule has 0 heterocycles. The highest BCUT2D eigenvalue weighted by atomic mass is 32.2. The third-order valence-electron chi connectivity index (χ3n) is 3.15. The number of hydrogen-bond acceptors (Lipinski definition) is 3. The lowest BCUT2D eigenvalue weighted by Gasteiger charge is -2.22. The topological polar surface area (TPSA) is 66.5 Å². The van der Waals surface area contributed by atoms with E-state index in [1.165, 1.54) is 10.6 Å². The molecule has 0 atom stereocenters. The maximum absolute atomic E-state index is 11.9. The fraction of sp³-hybridized carbons (Fsp3) is 0.533. The van der Waals surface area contributed by atoms with Crippen molar-refractivity contribution in [1.29, 1.82) is 0 Å². The minimum atomic E-state index is -3.37. The summed E-state index contributed by atoms with van der Waals surface area (Å²) < 4.78 is 25.1. The minimum absolute atomic E-state index is 0.0488. The zero-order valence-corrected chi connectivity index (χ0v) is 13.7. The molecule has 0 saturated heterocycles. The molecule has 0 fully saturated rings. The number of amides is 1. The van der Waals surface area contributed by atoms with Gasteiger partial charge in [0.05, 0.1) is 18.5 Å². The number of anilines is 1. The maximum Gasteiger partial charge on any atom is 0.232 e. The Bertz CT molecular complexity index is 553. The van der Waals surface area contributed by atoms with Crippen molar-refractivity contribution < 1.29 is 13.2 Å². The molecule has 6 heteroatoms. The van der Waals surface area contributed by atoms with E-state index in [1.807, 2.05) is 26.0 Å². The Morgan fingerprint density at radius 2 is 1.81 bits per heavy atom. The summed E-state index contributed by atoms with van der Waals surface area (Å²) in [6, 6.07) is 7.44. The summed E-state index contributed by atoms with van der Waals surface area (Å²) in [7, 11) is -3.37. The second-order valence-electron chi connectivity index (χ2n) is 4.96. The molecule has 1 aromatic carbocycles. The molecule has 0 spiro atoms. The van der Waals surface area contributed by atoms with E-state index in [4.69, 9.17) is 0 Å². The van der Waals surface area contributed by atoms with Crippen molar-refractivity contribution in [3.8, 4) is 0 Å². The van der Waals surface area contributed by atoms with Gasteiger partial charge < -0.3 is 5.32 Å². The molecule has 0 aliphatic carbocycles. The number of rotatable bonds is 8. The summed E-state index contributed by atoms with van der Waals surface area (Å²) >= 11 is 0. The van der Waals surface area contributed by atoms with Crippen LogP contribution in [-0.4, -0.2) is 33.7 Å². The molecule has 1 N–H and O–H groups in total. The van der Waals surface area contributed by atoms with E-state index < -0.39 is 10.0 Å². The molecule has 0 saturated carbocycles. The second-order valence-corrected chi connectivity index (χ2v) is 6.86. The van der Waals surface area contributed by atoms with Gasteiger partial charge in [-0.3, -0.25) is 9.10 Å². The summed E-state index contributed by atoms with van der Waals surface area (Å²) in [4.78, 5) is 11.4. The first kappa shape index (κ1) is 17.5. The highest BCUT2D eigenvalue weighted by Gasteiger charge is 2.17. The van der Waals surface area contributed by atoms with Gasteiger partial charge in [0.15, 0.2) is 0 Å². The standard InChI is InChI=1S/C15H24N2O3S/c1-4-6-15(18)16-11-12-17(21(3,19)20)14-9-7-13(5-2)8-10-14/h7-10H,4-6,11-12H2,1-3H3,(H,16,18). The highest BCUT2D eigenvalue weighted by Crippen LogP contribution is 2.18. The average molecular weight is 312 g/mol. The summed E-state index contributed by atoms with van der Waals surface area (Å²) in [5.74, 6) is -0.0488. The quantitative estimate of drug-likeness (QED) is 0.797. The van der Waals surface area contributed by atoms with E-state index in [2.05, 4.69) is 5.32 Å². The molecule has 1 rings (SSSR count). The lowest BCUT2D eigenvalue weighted by atomic mass is 10.1. The summed E-state index contributed by atoms with van der Waals surface area (Å²) in [6.07, 6.45) is 3.32. The monoisotopic (exact) mass is 312 g/mol. The number of nitrogens with one attached hydrogen (secondary N) is 1. The summed E-state index contributed by atoms with van der Waals surface area (Å²) in [5, 5.41) is 2.73. The van der Waals surface area contributed by atoms with Crippen LogP contribution in [0.2, 0.25) is 0 Å². The molecule has 0 radical (unpaired) electrons. The SMILES string of the molecule is CCCC(=O)NCCN(c1ccc(CC)cc1)S(C)(=O)=O. The molecule has 0 unspecified atom stereocenters. The first-order chi connectivity index (χ1) is 9.88. The molecule has 1 amide bonds. The van der Waals surface area contributed by atoms with Crippen molar-refractivity contribution in [3.05, 3.63) is 29.8 Å². The molecule has 5 nitrogen and oxygen atoms in total. The Balaban J connectivity index is 2.75. The largest absolute Gasteiger partial charge is 0.354 e. The zero-order valence-electron chi connectivity index (χ0n) is 12.9. The van der Waals surface area contributed by atoms with E-state index >= 15 is 0 Å². The molecule has 0 aliphatic rings. The molecular formula is C15H24N2O3S. The molecule has 0 aliphatic heterocycles. The van der Waals surface area contributed by atoms with Gasteiger partial charge in [-0.2, -0.15) is 0 Å². The van der Waals surface area contributed by atoms with Crippen molar-refractivity contribution in [3.63, 3.8) is 0 Å². The number of carbonyl (C=O) groups excluding carboxylic acids is 1. The van der Waals surface area contributed by atoms with Crippen molar-refractivity contribution in [2.45, 2.75) is 33.1 Å². The molecule has 0 bridgehead atoms. The van der Waals surface area contributed by atoms with Gasteiger partial charge >= 0.3 is 0 Å². The van der Waals surface area contributed by atoms with Crippen LogP contribution in [0.4, 0.5) is 5.69 Å². The normalized spacial score (nSPS) is 11.2. The lowest BCUT2D eigenvalue weighted by molar-refractivity contribution is -0.121. The Kier molecular flexibility index (Phi) is 6.68. The number of carbonyl (C=O) groups is 1. The number of sulfonamides is 1. The van der Waals surface area contributed by atoms with Gasteiger partial charge in [-0.25, -0.2) is 8.42 Å². The van der Waals surface area contributed by atoms with E-state index in [1.54, 1.807) is 12.1 Å². The summed E-state index contributed by atoms with van der Waals surface area (Å²) in [5.41, 5.74) is 1.78. The third-order valence-corrected chi connectivity index (χ3v) is 4.34. The first-order valence-corrected chi connectivity index (χ1v) is 9.06. The van der Waals surface area contributed by atoms with E-state index in [-0.39, 0.29) is 12.5 Å². The van der Waals surface area contributed by atoms with Crippen LogP contribution < -0.4 is 9.62 Å². The lowest BCUT2D eigenvalue weighted by Crippen LogP contribution is -2.38. The van der Waals surface area contributed by atoms with Crippen LogP contribution in [-0.2, 0) is 21.2 Å². The first-order valence-electron chi connectivity index (χ1n) is 7.21. The van der Waals surface area contributed by atoms with Gasteiger partial charge in [0.2, 0.25) is 15.9 Å². The van der Waals surface area contributed by atoms with Crippen molar-refractivity contribution in [1.82, 2.24) is 5.32 Å². The van der Waals surface area contributed by atoms with Crippen LogP contribution in [0, 0.1) is 0 Å². The van der Waals surface area contributed by atoms with Crippen LogP contribution in [0.3, 0.4) is 0 Å². The highest BCUT2D eigenvalue weighted by molar-refractivity contribution is 7.92. The van der Waals surface area contributed by atoms with Gasteiger partial charge in [-0.1, -0.05) is 26.0 Å². The van der Waals surface area contributed by atoms with Crippen molar-refractivity contribution in [2.75, 3.05) is 23.7 Å². The van der Waals surface area contributed by atoms with Crippen LogP contribution in [0.25, 0.3) is 0 Å². The van der Waals surface area contributed by atoms with Gasteiger partial charge in [0.1, 0.15) is 0 Å². The molecule has 0 aromatic heterocycles. The minimum Gasteiger partial charge on any atom is -0.354 e. The van der Waals surface area contributed by atoms with Crippen LogP contribution in [0.1, 0.15) is 32.3 Å².